The van der Waals surface area contributed by atoms with E-state index in [2.05, 4.69) is 27.8 Å². The van der Waals surface area contributed by atoms with Gasteiger partial charge in [0, 0.05) is 0 Å². The number of carbonyl (C=O) groups excluding carboxylic acids is 1. The lowest BCUT2D eigenvalue weighted by Gasteiger charge is -2.11. The van der Waals surface area contributed by atoms with Crippen molar-refractivity contribution in [1.29, 1.82) is 0 Å². The molecule has 1 aromatic heterocycles. The van der Waals surface area contributed by atoms with E-state index in [1.807, 2.05) is 55.5 Å². The maximum atomic E-state index is 12.3. The van der Waals surface area contributed by atoms with Crippen molar-refractivity contribution >= 4 is 23.4 Å². The molecule has 0 radical (unpaired) electrons. The molecule has 27 heavy (non-hydrogen) atoms. The van der Waals surface area contributed by atoms with Gasteiger partial charge in [-0.2, -0.15) is 4.68 Å². The minimum Gasteiger partial charge on any atom is -0.492 e. The molecule has 3 rings (SSSR count). The van der Waals surface area contributed by atoms with Crippen molar-refractivity contribution in [3.05, 3.63) is 54.1 Å². The number of rotatable bonds is 8. The number of para-hydroxylation sites is 2. The lowest BCUT2D eigenvalue weighted by Crippen LogP contribution is -2.15. The van der Waals surface area contributed by atoms with E-state index in [0.717, 1.165) is 12.1 Å². The van der Waals surface area contributed by atoms with Crippen molar-refractivity contribution in [3.63, 3.8) is 0 Å². The summed E-state index contributed by atoms with van der Waals surface area (Å²) in [5, 5.41) is 15.2. The molecule has 0 aliphatic rings. The van der Waals surface area contributed by atoms with E-state index in [4.69, 9.17) is 4.74 Å². The molecule has 7 nitrogen and oxygen atoms in total. The number of ether oxygens (including phenoxy) is 1. The van der Waals surface area contributed by atoms with E-state index in [0.29, 0.717) is 23.2 Å². The fraction of sp³-hybridized carbons (Fsp3) is 0.263. The van der Waals surface area contributed by atoms with Crippen LogP contribution in [0.25, 0.3) is 5.69 Å². The topological polar surface area (TPSA) is 81.9 Å². The molecule has 1 N–H and O–H groups in total. The molecule has 140 valence electrons. The Morgan fingerprint density at radius 3 is 2.67 bits per heavy atom. The summed E-state index contributed by atoms with van der Waals surface area (Å²) >= 11 is 1.28. The van der Waals surface area contributed by atoms with Gasteiger partial charge in [-0.15, -0.1) is 5.10 Å². The molecule has 0 saturated heterocycles. The first-order chi connectivity index (χ1) is 13.2. The second-order valence-electron chi connectivity index (χ2n) is 5.66. The third-order valence-electron chi connectivity index (χ3n) is 3.82. The van der Waals surface area contributed by atoms with Crippen LogP contribution in [0.3, 0.4) is 0 Å². The third-order valence-corrected chi connectivity index (χ3v) is 4.74. The van der Waals surface area contributed by atoms with Crippen molar-refractivity contribution in [1.82, 2.24) is 20.2 Å². The van der Waals surface area contributed by atoms with Crippen LogP contribution in [0.2, 0.25) is 0 Å². The maximum absolute atomic E-state index is 12.3. The fourth-order valence-corrected chi connectivity index (χ4v) is 3.16. The van der Waals surface area contributed by atoms with Crippen LogP contribution in [0, 0.1) is 0 Å². The standard InChI is InChI=1S/C19H21N5O2S/c1-3-14-9-11-15(12-10-14)24-19(21-22-23-24)27-13-18(25)20-16-7-5-6-8-17(16)26-4-2/h5-12H,3-4,13H2,1-2H3,(H,20,25). The first-order valence-electron chi connectivity index (χ1n) is 8.73. The number of tetrazole rings is 1. The summed E-state index contributed by atoms with van der Waals surface area (Å²) in [5.74, 6) is 0.690. The van der Waals surface area contributed by atoms with Crippen LogP contribution < -0.4 is 10.1 Å². The van der Waals surface area contributed by atoms with Gasteiger partial charge in [0.05, 0.1) is 23.7 Å². The van der Waals surface area contributed by atoms with Crippen molar-refractivity contribution in [2.75, 3.05) is 17.7 Å². The Hall–Kier alpha value is -2.87. The predicted molar refractivity (Wildman–Crippen MR) is 105 cm³/mol. The molecule has 0 atom stereocenters. The molecule has 0 bridgehead atoms. The molecular formula is C19H21N5O2S. The molecule has 1 amide bonds. The molecule has 2 aromatic carbocycles. The minimum absolute atomic E-state index is 0.150. The number of benzene rings is 2. The summed E-state index contributed by atoms with van der Waals surface area (Å²) in [5.41, 5.74) is 2.76. The number of aromatic nitrogens is 4. The van der Waals surface area contributed by atoms with E-state index in [1.165, 1.54) is 17.3 Å². The highest BCUT2D eigenvalue weighted by Crippen LogP contribution is 2.24. The van der Waals surface area contributed by atoms with E-state index >= 15 is 0 Å². The summed E-state index contributed by atoms with van der Waals surface area (Å²) in [6, 6.07) is 15.4. The highest BCUT2D eigenvalue weighted by atomic mass is 32.2. The van der Waals surface area contributed by atoms with Crippen LogP contribution in [-0.4, -0.2) is 38.5 Å². The van der Waals surface area contributed by atoms with E-state index in [9.17, 15) is 4.79 Å². The number of hydrogen-bond donors (Lipinski definition) is 1. The summed E-state index contributed by atoms with van der Waals surface area (Å²) in [7, 11) is 0. The van der Waals surface area contributed by atoms with E-state index in [1.54, 1.807) is 4.68 Å². The summed E-state index contributed by atoms with van der Waals surface area (Å²) in [4.78, 5) is 12.3. The zero-order chi connectivity index (χ0) is 19.1. The zero-order valence-corrected chi connectivity index (χ0v) is 16.1. The Morgan fingerprint density at radius 1 is 1.15 bits per heavy atom. The lowest BCUT2D eigenvalue weighted by atomic mass is 10.1. The average Bonchev–Trinajstić information content (AvgIpc) is 3.17. The molecule has 0 fully saturated rings. The molecule has 0 aliphatic heterocycles. The quantitative estimate of drug-likeness (QED) is 0.601. The van der Waals surface area contributed by atoms with Crippen molar-refractivity contribution < 1.29 is 9.53 Å². The maximum Gasteiger partial charge on any atom is 0.234 e. The Morgan fingerprint density at radius 2 is 1.93 bits per heavy atom. The summed E-state index contributed by atoms with van der Waals surface area (Å²) < 4.78 is 7.16. The minimum atomic E-state index is -0.150. The number of nitrogens with zero attached hydrogens (tertiary/aromatic N) is 4. The van der Waals surface area contributed by atoms with Crippen LogP contribution in [0.4, 0.5) is 5.69 Å². The highest BCUT2D eigenvalue weighted by Gasteiger charge is 2.13. The van der Waals surface area contributed by atoms with Crippen LogP contribution in [0.5, 0.6) is 5.75 Å². The zero-order valence-electron chi connectivity index (χ0n) is 15.3. The van der Waals surface area contributed by atoms with Crippen molar-refractivity contribution in [2.24, 2.45) is 0 Å². The molecule has 8 heteroatoms. The Kier molecular flexibility index (Phi) is 6.43. The molecular weight excluding hydrogens is 362 g/mol. The molecule has 0 spiro atoms. The fourth-order valence-electron chi connectivity index (χ4n) is 2.47. The van der Waals surface area contributed by atoms with Crippen LogP contribution in [-0.2, 0) is 11.2 Å². The van der Waals surface area contributed by atoms with E-state index < -0.39 is 0 Å². The van der Waals surface area contributed by atoms with Crippen molar-refractivity contribution in [2.45, 2.75) is 25.4 Å². The van der Waals surface area contributed by atoms with Gasteiger partial charge in [-0.05, 0) is 53.6 Å². The first kappa shape index (κ1) is 18.9. The van der Waals surface area contributed by atoms with Gasteiger partial charge >= 0.3 is 0 Å². The summed E-state index contributed by atoms with van der Waals surface area (Å²) in [6.07, 6.45) is 0.973. The number of hydrogen-bond acceptors (Lipinski definition) is 6. The molecule has 3 aromatic rings. The van der Waals surface area contributed by atoms with Gasteiger partial charge in [0.2, 0.25) is 11.1 Å². The number of anilines is 1. The SMILES string of the molecule is CCOc1ccccc1NC(=O)CSc1nnnn1-c1ccc(CC)cc1. The summed E-state index contributed by atoms with van der Waals surface area (Å²) in [6.45, 7) is 4.55. The highest BCUT2D eigenvalue weighted by molar-refractivity contribution is 7.99. The van der Waals surface area contributed by atoms with Crippen LogP contribution in [0.15, 0.2) is 53.7 Å². The van der Waals surface area contributed by atoms with E-state index in [-0.39, 0.29) is 11.7 Å². The number of aryl methyl sites for hydroxylation is 1. The normalized spacial score (nSPS) is 10.6. The Balaban J connectivity index is 1.64. The second kappa shape index (κ2) is 9.18. The third kappa shape index (κ3) is 4.85. The average molecular weight is 383 g/mol. The molecule has 0 saturated carbocycles. The molecule has 0 aliphatic carbocycles. The molecule has 1 heterocycles. The Bertz CT molecular complexity index is 895. The van der Waals surface area contributed by atoms with Gasteiger partial charge in [-0.25, -0.2) is 0 Å². The van der Waals surface area contributed by atoms with Crippen LogP contribution >= 0.6 is 11.8 Å². The smallest absolute Gasteiger partial charge is 0.234 e. The second-order valence-corrected chi connectivity index (χ2v) is 6.60. The van der Waals surface area contributed by atoms with Gasteiger partial charge in [-0.1, -0.05) is 43.0 Å². The number of nitrogens with one attached hydrogen (secondary N) is 1. The number of carbonyl (C=O) groups is 1. The largest absolute Gasteiger partial charge is 0.492 e. The number of amides is 1. The Labute approximate surface area is 162 Å². The monoisotopic (exact) mass is 383 g/mol. The number of thioether (sulfide) groups is 1. The van der Waals surface area contributed by atoms with Gasteiger partial charge < -0.3 is 10.1 Å². The van der Waals surface area contributed by atoms with Crippen LogP contribution in [0.1, 0.15) is 19.4 Å². The van der Waals surface area contributed by atoms with Gasteiger partial charge in [-0.3, -0.25) is 4.79 Å². The predicted octanol–water partition coefficient (Wildman–Crippen LogP) is 3.35. The van der Waals surface area contributed by atoms with Gasteiger partial charge in [0.15, 0.2) is 0 Å². The first-order valence-corrected chi connectivity index (χ1v) is 9.72. The van der Waals surface area contributed by atoms with Gasteiger partial charge in [0.1, 0.15) is 5.75 Å². The lowest BCUT2D eigenvalue weighted by molar-refractivity contribution is -0.113. The van der Waals surface area contributed by atoms with Gasteiger partial charge in [0.25, 0.3) is 0 Å². The molecule has 0 unspecified atom stereocenters. The van der Waals surface area contributed by atoms with Crippen molar-refractivity contribution in [3.8, 4) is 11.4 Å².